The summed E-state index contributed by atoms with van der Waals surface area (Å²) in [5.74, 6) is -1.04. The topological polar surface area (TPSA) is 75.7 Å². The molecule has 8 heteroatoms. The molecule has 184 valence electrons. The van der Waals surface area contributed by atoms with E-state index >= 15 is 0 Å². The van der Waals surface area contributed by atoms with Gasteiger partial charge in [0, 0.05) is 17.0 Å². The molecule has 3 aromatic rings. The van der Waals surface area contributed by atoms with E-state index in [2.05, 4.69) is 23.5 Å². The molecule has 1 saturated heterocycles. The Labute approximate surface area is 219 Å². The molecular weight excluding hydrogens is 499 g/mol. The zero-order chi connectivity index (χ0) is 26.0. The van der Waals surface area contributed by atoms with Crippen molar-refractivity contribution in [2.75, 3.05) is 11.5 Å². The second-order valence-electron chi connectivity index (χ2n) is 8.49. The summed E-state index contributed by atoms with van der Waals surface area (Å²) in [7, 11) is 0. The van der Waals surface area contributed by atoms with Crippen molar-refractivity contribution in [3.8, 4) is 5.75 Å². The van der Waals surface area contributed by atoms with Crippen LogP contribution in [0.1, 0.15) is 34.7 Å². The van der Waals surface area contributed by atoms with E-state index in [0.29, 0.717) is 29.4 Å². The van der Waals surface area contributed by atoms with Gasteiger partial charge >= 0.3 is 6.03 Å². The van der Waals surface area contributed by atoms with E-state index < -0.39 is 17.8 Å². The first-order valence-corrected chi connectivity index (χ1v) is 12.1. The lowest BCUT2D eigenvalue weighted by Crippen LogP contribution is -2.54. The Hall–Kier alpha value is -3.61. The van der Waals surface area contributed by atoms with Gasteiger partial charge in [0.2, 0.25) is 0 Å². The third-order valence-corrected chi connectivity index (χ3v) is 6.30. The van der Waals surface area contributed by atoms with Crippen LogP contribution in [0, 0.1) is 13.8 Å². The zero-order valence-electron chi connectivity index (χ0n) is 20.0. The van der Waals surface area contributed by atoms with E-state index in [9.17, 15) is 14.4 Å². The predicted molar refractivity (Wildman–Crippen MR) is 142 cm³/mol. The standard InChI is InChI=1S/C28H24Cl2N2O4/c1-4-36-25-15-19(14-23(30)20(25)12-18-10-16(2)9-17(3)11-18)13-21-26(33)31-28(35)32(27(21)34)24-8-6-5-7-22(24)29/h5-11,13-15H,4,12H2,1-3H3,(H,31,33,35)/b21-13+. The summed E-state index contributed by atoms with van der Waals surface area (Å²) in [6, 6.07) is 15.2. The van der Waals surface area contributed by atoms with Gasteiger partial charge in [-0.1, -0.05) is 64.7 Å². The summed E-state index contributed by atoms with van der Waals surface area (Å²) < 4.78 is 5.88. The number of carbonyl (C=O) groups excluding carboxylic acids is 3. The molecule has 1 aliphatic rings. The Morgan fingerprint density at radius 1 is 0.944 bits per heavy atom. The van der Waals surface area contributed by atoms with Crippen molar-refractivity contribution in [3.05, 3.63) is 98.0 Å². The van der Waals surface area contributed by atoms with Crippen LogP contribution in [-0.4, -0.2) is 24.5 Å². The summed E-state index contributed by atoms with van der Waals surface area (Å²) in [6.07, 6.45) is 1.95. The average Bonchev–Trinajstić information content (AvgIpc) is 2.79. The highest BCUT2D eigenvalue weighted by atomic mass is 35.5. The summed E-state index contributed by atoms with van der Waals surface area (Å²) in [5, 5.41) is 2.84. The molecule has 0 aromatic heterocycles. The minimum atomic E-state index is -0.868. The molecule has 0 saturated carbocycles. The number of hydrogen-bond donors (Lipinski definition) is 1. The molecule has 1 aliphatic heterocycles. The van der Waals surface area contributed by atoms with Crippen LogP contribution in [0.2, 0.25) is 10.0 Å². The lowest BCUT2D eigenvalue weighted by atomic mass is 9.98. The molecule has 0 radical (unpaired) electrons. The summed E-state index contributed by atoms with van der Waals surface area (Å²) in [6.45, 7) is 6.36. The van der Waals surface area contributed by atoms with E-state index in [1.165, 1.54) is 12.1 Å². The molecule has 1 N–H and O–H groups in total. The highest BCUT2D eigenvalue weighted by molar-refractivity contribution is 6.42. The molecule has 0 atom stereocenters. The Bertz CT molecular complexity index is 1390. The highest BCUT2D eigenvalue weighted by Gasteiger charge is 2.37. The number of barbiturate groups is 1. The van der Waals surface area contributed by atoms with Gasteiger partial charge in [0.25, 0.3) is 11.8 Å². The van der Waals surface area contributed by atoms with Crippen LogP contribution >= 0.6 is 23.2 Å². The molecule has 4 amide bonds. The van der Waals surface area contributed by atoms with Crippen molar-refractivity contribution in [2.45, 2.75) is 27.2 Å². The number of rotatable bonds is 6. The number of para-hydroxylation sites is 1. The number of halogens is 2. The van der Waals surface area contributed by atoms with Gasteiger partial charge in [-0.25, -0.2) is 9.69 Å². The fourth-order valence-electron chi connectivity index (χ4n) is 4.22. The van der Waals surface area contributed by atoms with Crippen molar-refractivity contribution in [3.63, 3.8) is 0 Å². The van der Waals surface area contributed by atoms with Gasteiger partial charge in [-0.15, -0.1) is 0 Å². The molecule has 4 rings (SSSR count). The SMILES string of the molecule is CCOc1cc(/C=C2\C(=O)NC(=O)N(c3ccccc3Cl)C2=O)cc(Cl)c1Cc1cc(C)cc(C)c1. The Kier molecular flexibility index (Phi) is 7.48. The van der Waals surface area contributed by atoms with E-state index in [4.69, 9.17) is 27.9 Å². The largest absolute Gasteiger partial charge is 0.494 e. The number of ether oxygens (including phenoxy) is 1. The number of carbonyl (C=O) groups is 3. The number of imide groups is 2. The Morgan fingerprint density at radius 3 is 2.31 bits per heavy atom. The van der Waals surface area contributed by atoms with Crippen molar-refractivity contribution in [2.24, 2.45) is 0 Å². The molecule has 0 unspecified atom stereocenters. The molecule has 1 heterocycles. The molecule has 0 spiro atoms. The molecule has 0 aliphatic carbocycles. The maximum absolute atomic E-state index is 13.2. The van der Waals surface area contributed by atoms with Gasteiger partial charge in [0.15, 0.2) is 0 Å². The van der Waals surface area contributed by atoms with Crippen molar-refractivity contribution in [1.29, 1.82) is 0 Å². The molecule has 3 aromatic carbocycles. The Morgan fingerprint density at radius 2 is 1.64 bits per heavy atom. The van der Waals surface area contributed by atoms with Crippen LogP contribution in [0.15, 0.2) is 60.2 Å². The van der Waals surface area contributed by atoms with E-state index in [-0.39, 0.29) is 16.3 Å². The van der Waals surface area contributed by atoms with E-state index in [1.54, 1.807) is 30.3 Å². The second-order valence-corrected chi connectivity index (χ2v) is 9.31. The summed E-state index contributed by atoms with van der Waals surface area (Å²) >= 11 is 12.9. The maximum atomic E-state index is 13.2. The molecule has 0 bridgehead atoms. The zero-order valence-corrected chi connectivity index (χ0v) is 21.5. The quantitative estimate of drug-likeness (QED) is 0.306. The summed E-state index contributed by atoms with van der Waals surface area (Å²) in [4.78, 5) is 39.1. The first kappa shape index (κ1) is 25.5. The van der Waals surface area contributed by atoms with Crippen LogP contribution in [0.4, 0.5) is 10.5 Å². The number of urea groups is 1. The Balaban J connectivity index is 1.74. The summed E-state index contributed by atoms with van der Waals surface area (Å²) in [5.41, 5.74) is 4.64. The lowest BCUT2D eigenvalue weighted by Gasteiger charge is -2.27. The van der Waals surface area contributed by atoms with Crippen molar-refractivity contribution >= 4 is 52.8 Å². The average molecular weight is 523 g/mol. The third kappa shape index (κ3) is 5.30. The number of anilines is 1. The van der Waals surface area contributed by atoms with Crippen LogP contribution in [0.5, 0.6) is 5.75 Å². The minimum Gasteiger partial charge on any atom is -0.494 e. The van der Waals surface area contributed by atoms with Gasteiger partial charge in [0.1, 0.15) is 11.3 Å². The third-order valence-electron chi connectivity index (χ3n) is 5.65. The van der Waals surface area contributed by atoms with E-state index in [1.807, 2.05) is 20.8 Å². The number of nitrogens with zero attached hydrogens (tertiary/aromatic N) is 1. The monoisotopic (exact) mass is 522 g/mol. The minimum absolute atomic E-state index is 0.178. The smallest absolute Gasteiger partial charge is 0.335 e. The number of nitrogens with one attached hydrogen (secondary N) is 1. The maximum Gasteiger partial charge on any atom is 0.335 e. The molecule has 1 fully saturated rings. The van der Waals surface area contributed by atoms with Crippen LogP contribution in [0.3, 0.4) is 0 Å². The van der Waals surface area contributed by atoms with Gasteiger partial charge in [-0.05, 0) is 62.2 Å². The molecule has 6 nitrogen and oxygen atoms in total. The fourth-order valence-corrected chi connectivity index (χ4v) is 4.73. The highest BCUT2D eigenvalue weighted by Crippen LogP contribution is 2.34. The molecular formula is C28H24Cl2N2O4. The number of benzene rings is 3. The van der Waals surface area contributed by atoms with Gasteiger partial charge < -0.3 is 4.74 Å². The van der Waals surface area contributed by atoms with Crippen LogP contribution < -0.4 is 15.0 Å². The number of hydrogen-bond acceptors (Lipinski definition) is 4. The van der Waals surface area contributed by atoms with Crippen molar-refractivity contribution < 1.29 is 19.1 Å². The second kappa shape index (κ2) is 10.6. The van der Waals surface area contributed by atoms with E-state index in [0.717, 1.165) is 27.2 Å². The predicted octanol–water partition coefficient (Wildman–Crippen LogP) is 6.27. The van der Waals surface area contributed by atoms with Gasteiger partial charge in [-0.3, -0.25) is 14.9 Å². The lowest BCUT2D eigenvalue weighted by molar-refractivity contribution is -0.122. The van der Waals surface area contributed by atoms with Crippen LogP contribution in [-0.2, 0) is 16.0 Å². The van der Waals surface area contributed by atoms with Gasteiger partial charge in [-0.2, -0.15) is 0 Å². The normalized spacial score (nSPS) is 14.9. The number of amides is 4. The van der Waals surface area contributed by atoms with Gasteiger partial charge in [0.05, 0.1) is 17.3 Å². The van der Waals surface area contributed by atoms with Crippen LogP contribution in [0.25, 0.3) is 6.08 Å². The van der Waals surface area contributed by atoms with Crippen molar-refractivity contribution in [1.82, 2.24) is 5.32 Å². The number of aryl methyl sites for hydroxylation is 2. The fraction of sp³-hybridized carbons (Fsp3) is 0.179. The molecule has 36 heavy (non-hydrogen) atoms. The first-order valence-electron chi connectivity index (χ1n) is 11.4. The first-order chi connectivity index (χ1) is 17.2.